The zero-order valence-corrected chi connectivity index (χ0v) is 16.9. The molecule has 0 aliphatic heterocycles. The van der Waals surface area contributed by atoms with Crippen LogP contribution in [-0.2, 0) is 16.2 Å². The molecular formula is C23H22N2O3S. The van der Waals surface area contributed by atoms with Crippen LogP contribution >= 0.6 is 11.8 Å². The van der Waals surface area contributed by atoms with E-state index < -0.39 is 0 Å². The first-order valence-corrected chi connectivity index (χ1v) is 10.1. The van der Waals surface area contributed by atoms with Crippen molar-refractivity contribution in [1.29, 1.82) is 0 Å². The Hall–Kier alpha value is -3.25. The Balaban J connectivity index is 1.43. The number of hydrogen-bond acceptors (Lipinski definition) is 4. The van der Waals surface area contributed by atoms with E-state index in [-0.39, 0.29) is 11.8 Å². The highest BCUT2D eigenvalue weighted by molar-refractivity contribution is 8.00. The molecule has 0 saturated heterocycles. The van der Waals surface area contributed by atoms with Gasteiger partial charge in [0.05, 0.1) is 5.75 Å². The van der Waals surface area contributed by atoms with Crippen molar-refractivity contribution in [2.75, 3.05) is 16.4 Å². The summed E-state index contributed by atoms with van der Waals surface area (Å²) in [5.41, 5.74) is 2.57. The molecule has 3 aromatic rings. The number of ether oxygens (including phenoxy) is 1. The smallest absolute Gasteiger partial charge is 0.234 e. The molecule has 0 saturated carbocycles. The van der Waals surface area contributed by atoms with Gasteiger partial charge in [-0.1, -0.05) is 30.3 Å². The van der Waals surface area contributed by atoms with E-state index in [4.69, 9.17) is 4.74 Å². The highest BCUT2D eigenvalue weighted by Crippen LogP contribution is 2.21. The fourth-order valence-corrected chi connectivity index (χ4v) is 3.26. The van der Waals surface area contributed by atoms with Crippen molar-refractivity contribution in [1.82, 2.24) is 0 Å². The molecule has 5 nitrogen and oxygen atoms in total. The lowest BCUT2D eigenvalue weighted by Crippen LogP contribution is -2.13. The van der Waals surface area contributed by atoms with Crippen LogP contribution in [-0.4, -0.2) is 17.6 Å². The number of carbonyl (C=O) groups is 2. The molecule has 0 heterocycles. The van der Waals surface area contributed by atoms with Gasteiger partial charge in [-0.05, 0) is 54.1 Å². The van der Waals surface area contributed by atoms with Gasteiger partial charge < -0.3 is 15.4 Å². The molecule has 0 unspecified atom stereocenters. The maximum absolute atomic E-state index is 12.2. The Kier molecular flexibility index (Phi) is 7.30. The summed E-state index contributed by atoms with van der Waals surface area (Å²) in [4.78, 5) is 24.2. The minimum Gasteiger partial charge on any atom is -0.489 e. The summed E-state index contributed by atoms with van der Waals surface area (Å²) >= 11 is 1.43. The van der Waals surface area contributed by atoms with Crippen LogP contribution in [0.15, 0.2) is 83.8 Å². The van der Waals surface area contributed by atoms with Gasteiger partial charge in [0, 0.05) is 23.2 Å². The fourth-order valence-electron chi connectivity index (χ4n) is 2.56. The number of carbonyl (C=O) groups excluding carboxylic acids is 2. The summed E-state index contributed by atoms with van der Waals surface area (Å²) < 4.78 is 5.75. The lowest BCUT2D eigenvalue weighted by molar-refractivity contribution is -0.114. The standard InChI is InChI=1S/C23H22N2O3S/c1-17(26)24-19-9-13-22(14-10-19)29-16-23(27)25-20-7-11-21(12-8-20)28-15-18-5-3-2-4-6-18/h2-14H,15-16H2,1H3,(H,24,26)(H,25,27). The molecule has 0 aromatic heterocycles. The van der Waals surface area contributed by atoms with E-state index in [9.17, 15) is 9.59 Å². The predicted octanol–water partition coefficient (Wildman–Crippen LogP) is 4.95. The molecule has 148 valence electrons. The van der Waals surface area contributed by atoms with Crippen molar-refractivity contribution in [3.63, 3.8) is 0 Å². The zero-order chi connectivity index (χ0) is 20.5. The van der Waals surface area contributed by atoms with Crippen molar-refractivity contribution in [3.8, 4) is 5.75 Å². The summed E-state index contributed by atoms with van der Waals surface area (Å²) in [6.07, 6.45) is 0. The van der Waals surface area contributed by atoms with Gasteiger partial charge in [0.2, 0.25) is 11.8 Å². The molecule has 0 fully saturated rings. The van der Waals surface area contributed by atoms with Crippen LogP contribution in [0.25, 0.3) is 0 Å². The Morgan fingerprint density at radius 1 is 0.828 bits per heavy atom. The summed E-state index contributed by atoms with van der Waals surface area (Å²) in [6.45, 7) is 1.97. The Morgan fingerprint density at radius 3 is 2.10 bits per heavy atom. The third kappa shape index (κ3) is 7.01. The predicted molar refractivity (Wildman–Crippen MR) is 117 cm³/mol. The second-order valence-electron chi connectivity index (χ2n) is 6.34. The van der Waals surface area contributed by atoms with Crippen molar-refractivity contribution in [2.24, 2.45) is 0 Å². The van der Waals surface area contributed by atoms with E-state index in [1.807, 2.05) is 78.9 Å². The molecule has 0 aliphatic rings. The van der Waals surface area contributed by atoms with Crippen molar-refractivity contribution < 1.29 is 14.3 Å². The minimum atomic E-state index is -0.110. The molecule has 3 aromatic carbocycles. The fraction of sp³-hybridized carbons (Fsp3) is 0.130. The van der Waals surface area contributed by atoms with Gasteiger partial charge in [-0.2, -0.15) is 0 Å². The van der Waals surface area contributed by atoms with Gasteiger partial charge in [-0.3, -0.25) is 9.59 Å². The summed E-state index contributed by atoms with van der Waals surface area (Å²) in [7, 11) is 0. The molecule has 0 bridgehead atoms. The van der Waals surface area contributed by atoms with Gasteiger partial charge in [0.1, 0.15) is 12.4 Å². The van der Waals surface area contributed by atoms with Gasteiger partial charge >= 0.3 is 0 Å². The minimum absolute atomic E-state index is 0.0844. The Labute approximate surface area is 174 Å². The maximum atomic E-state index is 12.2. The molecular weight excluding hydrogens is 384 g/mol. The molecule has 2 N–H and O–H groups in total. The first-order chi connectivity index (χ1) is 14.1. The van der Waals surface area contributed by atoms with Crippen LogP contribution in [0.3, 0.4) is 0 Å². The van der Waals surface area contributed by atoms with E-state index >= 15 is 0 Å². The first kappa shape index (κ1) is 20.5. The van der Waals surface area contributed by atoms with E-state index in [2.05, 4.69) is 10.6 Å². The number of nitrogens with one attached hydrogen (secondary N) is 2. The number of anilines is 2. The van der Waals surface area contributed by atoms with Crippen LogP contribution in [0, 0.1) is 0 Å². The largest absolute Gasteiger partial charge is 0.489 e. The van der Waals surface area contributed by atoms with Crippen LogP contribution < -0.4 is 15.4 Å². The lowest BCUT2D eigenvalue weighted by atomic mass is 10.2. The number of amides is 2. The van der Waals surface area contributed by atoms with E-state index in [1.54, 1.807) is 0 Å². The molecule has 2 amide bonds. The zero-order valence-electron chi connectivity index (χ0n) is 16.1. The van der Waals surface area contributed by atoms with Crippen molar-refractivity contribution in [3.05, 3.63) is 84.4 Å². The normalized spacial score (nSPS) is 10.2. The second-order valence-corrected chi connectivity index (χ2v) is 7.39. The van der Waals surface area contributed by atoms with Crippen LogP contribution in [0.1, 0.15) is 12.5 Å². The average molecular weight is 407 g/mol. The molecule has 0 spiro atoms. The lowest BCUT2D eigenvalue weighted by Gasteiger charge is -2.09. The van der Waals surface area contributed by atoms with Crippen LogP contribution in [0.2, 0.25) is 0 Å². The SMILES string of the molecule is CC(=O)Nc1ccc(SCC(=O)Nc2ccc(OCc3ccccc3)cc2)cc1. The molecule has 0 radical (unpaired) electrons. The van der Waals surface area contributed by atoms with Gasteiger partial charge in [0.15, 0.2) is 0 Å². The molecule has 0 atom stereocenters. The maximum Gasteiger partial charge on any atom is 0.234 e. The van der Waals surface area contributed by atoms with Crippen molar-refractivity contribution >= 4 is 35.0 Å². The highest BCUT2D eigenvalue weighted by atomic mass is 32.2. The second kappa shape index (κ2) is 10.3. The molecule has 29 heavy (non-hydrogen) atoms. The summed E-state index contributed by atoms with van der Waals surface area (Å²) in [6, 6.07) is 24.7. The molecule has 3 rings (SSSR count). The summed E-state index contributed by atoms with van der Waals surface area (Å²) in [5, 5.41) is 5.59. The van der Waals surface area contributed by atoms with Gasteiger partial charge in [0.25, 0.3) is 0 Å². The number of rotatable bonds is 8. The van der Waals surface area contributed by atoms with Gasteiger partial charge in [-0.25, -0.2) is 0 Å². The third-order valence-corrected chi connectivity index (χ3v) is 4.94. The van der Waals surface area contributed by atoms with E-state index in [1.165, 1.54) is 18.7 Å². The van der Waals surface area contributed by atoms with Crippen LogP contribution in [0.5, 0.6) is 5.75 Å². The third-order valence-electron chi connectivity index (χ3n) is 3.93. The quantitative estimate of drug-likeness (QED) is 0.519. The number of hydrogen-bond donors (Lipinski definition) is 2. The van der Waals surface area contributed by atoms with Gasteiger partial charge in [-0.15, -0.1) is 11.8 Å². The van der Waals surface area contributed by atoms with E-state index in [0.717, 1.165) is 27.6 Å². The Morgan fingerprint density at radius 2 is 1.45 bits per heavy atom. The van der Waals surface area contributed by atoms with Crippen LogP contribution in [0.4, 0.5) is 11.4 Å². The van der Waals surface area contributed by atoms with E-state index in [0.29, 0.717) is 12.4 Å². The van der Waals surface area contributed by atoms with Crippen molar-refractivity contribution in [2.45, 2.75) is 18.4 Å². The highest BCUT2D eigenvalue weighted by Gasteiger charge is 2.05. The average Bonchev–Trinajstić information content (AvgIpc) is 2.73. The molecule has 0 aliphatic carbocycles. The number of benzene rings is 3. The summed E-state index contributed by atoms with van der Waals surface area (Å²) in [5.74, 6) is 0.854. The molecule has 6 heteroatoms. The Bertz CT molecular complexity index is 942. The topological polar surface area (TPSA) is 67.4 Å². The first-order valence-electron chi connectivity index (χ1n) is 9.15. The monoisotopic (exact) mass is 406 g/mol. The number of thioether (sulfide) groups is 1.